The van der Waals surface area contributed by atoms with Crippen molar-refractivity contribution in [2.24, 2.45) is 5.73 Å². The first-order valence-electron chi connectivity index (χ1n) is 6.38. The zero-order valence-corrected chi connectivity index (χ0v) is 11.3. The molecule has 0 fully saturated rings. The van der Waals surface area contributed by atoms with E-state index in [-0.39, 0.29) is 5.91 Å². The maximum atomic E-state index is 11.6. The number of carbonyl (C=O) groups excluding carboxylic acids is 1. The summed E-state index contributed by atoms with van der Waals surface area (Å²) in [5.74, 6) is 0.0781. The topological polar surface area (TPSA) is 58.4 Å². The minimum atomic E-state index is 0.0781. The Morgan fingerprint density at radius 3 is 2.78 bits per heavy atom. The minimum Gasteiger partial charge on any atom is -0.355 e. The molecule has 0 bridgehead atoms. The van der Waals surface area contributed by atoms with Crippen LogP contribution >= 0.6 is 0 Å². The van der Waals surface area contributed by atoms with Gasteiger partial charge >= 0.3 is 0 Å². The predicted molar refractivity (Wildman–Crippen MR) is 74.0 cm³/mol. The second kappa shape index (κ2) is 7.84. The Morgan fingerprint density at radius 1 is 1.39 bits per heavy atom. The standard InChI is InChI=1S/C14H23N3O/c1-3-7-16-14(18)11-17(2)10-13-6-4-5-12(8-13)9-15/h4-6,8H,3,7,9-11,15H2,1-2H3,(H,16,18). The van der Waals surface area contributed by atoms with E-state index >= 15 is 0 Å². The van der Waals surface area contributed by atoms with Crippen molar-refractivity contribution in [3.63, 3.8) is 0 Å². The molecule has 1 aromatic carbocycles. The molecular weight excluding hydrogens is 226 g/mol. The third-order valence-electron chi connectivity index (χ3n) is 2.67. The molecule has 3 N–H and O–H groups in total. The fourth-order valence-corrected chi connectivity index (χ4v) is 1.79. The molecule has 100 valence electrons. The molecule has 18 heavy (non-hydrogen) atoms. The van der Waals surface area contributed by atoms with Crippen LogP contribution in [-0.2, 0) is 17.9 Å². The molecule has 0 saturated heterocycles. The molecule has 0 aliphatic rings. The molecule has 0 heterocycles. The summed E-state index contributed by atoms with van der Waals surface area (Å²) in [5, 5.41) is 2.87. The van der Waals surface area contributed by atoms with Crippen molar-refractivity contribution < 1.29 is 4.79 Å². The Bertz CT molecular complexity index is 379. The highest BCUT2D eigenvalue weighted by molar-refractivity contribution is 5.77. The summed E-state index contributed by atoms with van der Waals surface area (Å²) in [7, 11) is 1.95. The van der Waals surface area contributed by atoms with Crippen molar-refractivity contribution in [1.29, 1.82) is 0 Å². The van der Waals surface area contributed by atoms with Gasteiger partial charge in [0.15, 0.2) is 0 Å². The largest absolute Gasteiger partial charge is 0.355 e. The van der Waals surface area contributed by atoms with Crippen molar-refractivity contribution in [2.45, 2.75) is 26.4 Å². The Balaban J connectivity index is 2.43. The van der Waals surface area contributed by atoms with E-state index in [0.717, 1.165) is 25.1 Å². The average molecular weight is 249 g/mol. The van der Waals surface area contributed by atoms with Gasteiger partial charge in [0.1, 0.15) is 0 Å². The first kappa shape index (κ1) is 14.7. The van der Waals surface area contributed by atoms with Gasteiger partial charge in [0.25, 0.3) is 0 Å². The number of amides is 1. The fourth-order valence-electron chi connectivity index (χ4n) is 1.79. The SMILES string of the molecule is CCCNC(=O)CN(C)Cc1cccc(CN)c1. The van der Waals surface area contributed by atoms with E-state index < -0.39 is 0 Å². The van der Waals surface area contributed by atoms with Crippen molar-refractivity contribution in [3.8, 4) is 0 Å². The maximum Gasteiger partial charge on any atom is 0.234 e. The van der Waals surface area contributed by atoms with E-state index in [2.05, 4.69) is 17.4 Å². The lowest BCUT2D eigenvalue weighted by Gasteiger charge is -2.16. The third kappa shape index (κ3) is 5.29. The van der Waals surface area contributed by atoms with Crippen LogP contribution in [0.4, 0.5) is 0 Å². The van der Waals surface area contributed by atoms with Crippen molar-refractivity contribution in [3.05, 3.63) is 35.4 Å². The maximum absolute atomic E-state index is 11.6. The van der Waals surface area contributed by atoms with Crippen LogP contribution < -0.4 is 11.1 Å². The second-order valence-electron chi connectivity index (χ2n) is 4.55. The molecule has 0 radical (unpaired) electrons. The smallest absolute Gasteiger partial charge is 0.234 e. The molecule has 0 atom stereocenters. The minimum absolute atomic E-state index is 0.0781. The van der Waals surface area contributed by atoms with Crippen LogP contribution in [0.3, 0.4) is 0 Å². The number of carbonyl (C=O) groups is 1. The van der Waals surface area contributed by atoms with Crippen LogP contribution in [0.5, 0.6) is 0 Å². The summed E-state index contributed by atoms with van der Waals surface area (Å²) in [6, 6.07) is 8.15. The van der Waals surface area contributed by atoms with Gasteiger partial charge in [0, 0.05) is 19.6 Å². The number of hydrogen-bond donors (Lipinski definition) is 2. The lowest BCUT2D eigenvalue weighted by atomic mass is 10.1. The van der Waals surface area contributed by atoms with Crippen LogP contribution in [-0.4, -0.2) is 30.9 Å². The van der Waals surface area contributed by atoms with E-state index in [9.17, 15) is 4.79 Å². The zero-order chi connectivity index (χ0) is 13.4. The van der Waals surface area contributed by atoms with Gasteiger partial charge in [-0.1, -0.05) is 31.2 Å². The summed E-state index contributed by atoms with van der Waals surface area (Å²) < 4.78 is 0. The van der Waals surface area contributed by atoms with Crippen LogP contribution in [0.25, 0.3) is 0 Å². The molecule has 0 saturated carbocycles. The van der Waals surface area contributed by atoms with E-state index in [1.165, 1.54) is 5.56 Å². The van der Waals surface area contributed by atoms with E-state index in [1.807, 2.05) is 31.0 Å². The number of rotatable bonds is 7. The van der Waals surface area contributed by atoms with Crippen LogP contribution in [0.2, 0.25) is 0 Å². The normalized spacial score (nSPS) is 10.7. The Kier molecular flexibility index (Phi) is 6.39. The van der Waals surface area contributed by atoms with Crippen molar-refractivity contribution in [1.82, 2.24) is 10.2 Å². The molecular formula is C14H23N3O. The van der Waals surface area contributed by atoms with Gasteiger partial charge in [-0.2, -0.15) is 0 Å². The number of likely N-dealkylation sites (N-methyl/N-ethyl adjacent to an activating group) is 1. The fraction of sp³-hybridized carbons (Fsp3) is 0.500. The number of nitrogens with two attached hydrogens (primary N) is 1. The quantitative estimate of drug-likeness (QED) is 0.761. The molecule has 1 aromatic rings. The number of hydrogen-bond acceptors (Lipinski definition) is 3. The van der Waals surface area contributed by atoms with Gasteiger partial charge in [-0.05, 0) is 24.6 Å². The first-order chi connectivity index (χ1) is 8.65. The monoisotopic (exact) mass is 249 g/mol. The molecule has 0 unspecified atom stereocenters. The summed E-state index contributed by atoms with van der Waals surface area (Å²) in [6.07, 6.45) is 0.966. The molecule has 4 nitrogen and oxygen atoms in total. The highest BCUT2D eigenvalue weighted by atomic mass is 16.2. The van der Waals surface area contributed by atoms with Gasteiger partial charge < -0.3 is 11.1 Å². The summed E-state index contributed by atoms with van der Waals surface area (Å²) in [5.41, 5.74) is 7.91. The van der Waals surface area contributed by atoms with E-state index in [0.29, 0.717) is 13.1 Å². The number of benzene rings is 1. The van der Waals surface area contributed by atoms with Gasteiger partial charge in [0.2, 0.25) is 5.91 Å². The van der Waals surface area contributed by atoms with Crippen molar-refractivity contribution in [2.75, 3.05) is 20.1 Å². The van der Waals surface area contributed by atoms with Gasteiger partial charge in [-0.3, -0.25) is 9.69 Å². The Morgan fingerprint density at radius 2 is 2.11 bits per heavy atom. The summed E-state index contributed by atoms with van der Waals surface area (Å²) in [4.78, 5) is 13.6. The molecule has 0 aliphatic carbocycles. The molecule has 1 rings (SSSR count). The van der Waals surface area contributed by atoms with Crippen LogP contribution in [0.1, 0.15) is 24.5 Å². The van der Waals surface area contributed by atoms with Gasteiger partial charge in [0.05, 0.1) is 6.54 Å². The van der Waals surface area contributed by atoms with E-state index in [4.69, 9.17) is 5.73 Å². The Hall–Kier alpha value is -1.39. The van der Waals surface area contributed by atoms with E-state index in [1.54, 1.807) is 0 Å². The van der Waals surface area contributed by atoms with Crippen LogP contribution in [0.15, 0.2) is 24.3 Å². The first-order valence-corrected chi connectivity index (χ1v) is 6.38. The highest BCUT2D eigenvalue weighted by Crippen LogP contribution is 2.06. The zero-order valence-electron chi connectivity index (χ0n) is 11.3. The highest BCUT2D eigenvalue weighted by Gasteiger charge is 2.06. The number of nitrogens with zero attached hydrogens (tertiary/aromatic N) is 1. The third-order valence-corrected chi connectivity index (χ3v) is 2.67. The molecule has 0 aromatic heterocycles. The Labute approximate surface area is 109 Å². The molecule has 4 heteroatoms. The lowest BCUT2D eigenvalue weighted by Crippen LogP contribution is -2.35. The number of nitrogens with one attached hydrogen (secondary N) is 1. The van der Waals surface area contributed by atoms with Crippen LogP contribution in [0, 0.1) is 0 Å². The summed E-state index contributed by atoms with van der Waals surface area (Å²) >= 11 is 0. The van der Waals surface area contributed by atoms with Gasteiger partial charge in [-0.15, -0.1) is 0 Å². The second-order valence-corrected chi connectivity index (χ2v) is 4.55. The van der Waals surface area contributed by atoms with Gasteiger partial charge in [-0.25, -0.2) is 0 Å². The molecule has 0 aliphatic heterocycles. The van der Waals surface area contributed by atoms with Crippen molar-refractivity contribution >= 4 is 5.91 Å². The summed E-state index contributed by atoms with van der Waals surface area (Å²) in [6.45, 7) is 4.52. The lowest BCUT2D eigenvalue weighted by molar-refractivity contribution is -0.122. The predicted octanol–water partition coefficient (Wildman–Crippen LogP) is 1.10. The molecule has 0 spiro atoms. The molecule has 1 amide bonds. The average Bonchev–Trinajstić information content (AvgIpc) is 2.36.